The minimum atomic E-state index is 0. The van der Waals surface area contributed by atoms with E-state index in [0.717, 1.165) is 57.3 Å². The van der Waals surface area contributed by atoms with Gasteiger partial charge in [0.2, 0.25) is 6.79 Å². The van der Waals surface area contributed by atoms with Crippen molar-refractivity contribution in [3.05, 3.63) is 36.5 Å². The van der Waals surface area contributed by atoms with Crippen LogP contribution in [0.25, 0.3) is 32.8 Å². The quantitative estimate of drug-likeness (QED) is 0.468. The number of aryl methyl sites for hydroxylation is 1. The van der Waals surface area contributed by atoms with Gasteiger partial charge < -0.3 is 29.2 Å². The first-order valence-corrected chi connectivity index (χ1v) is 9.41. The SMILES string of the molecule is COc1cc2c3cc4cc5c(cc4c-3n(CCCN)cc2cc1OC=O)OCO5.Cl. The van der Waals surface area contributed by atoms with Gasteiger partial charge in [0.05, 0.1) is 12.8 Å². The second-order valence-electron chi connectivity index (χ2n) is 6.97. The molecule has 0 bridgehead atoms. The van der Waals surface area contributed by atoms with Crippen LogP contribution in [0.4, 0.5) is 0 Å². The van der Waals surface area contributed by atoms with Crippen molar-refractivity contribution < 1.29 is 23.7 Å². The summed E-state index contributed by atoms with van der Waals surface area (Å²) in [5.74, 6) is 2.40. The van der Waals surface area contributed by atoms with E-state index < -0.39 is 0 Å². The Balaban J connectivity index is 0.00000218. The molecule has 0 fully saturated rings. The average Bonchev–Trinajstić information content (AvgIpc) is 3.33. The molecule has 2 aliphatic heterocycles. The normalized spacial score (nSPS) is 12.3. The number of aromatic nitrogens is 1. The number of nitrogens with two attached hydrogens (primary N) is 1. The summed E-state index contributed by atoms with van der Waals surface area (Å²) in [6, 6.07) is 9.92. The summed E-state index contributed by atoms with van der Waals surface area (Å²) >= 11 is 0. The van der Waals surface area contributed by atoms with E-state index in [9.17, 15) is 4.79 Å². The second kappa shape index (κ2) is 7.93. The largest absolute Gasteiger partial charge is 0.493 e. The van der Waals surface area contributed by atoms with Crippen molar-refractivity contribution in [1.82, 2.24) is 4.57 Å². The molecular formula is C22H21ClN2O5. The zero-order chi connectivity index (χ0) is 20.0. The van der Waals surface area contributed by atoms with E-state index >= 15 is 0 Å². The molecule has 0 spiro atoms. The van der Waals surface area contributed by atoms with E-state index in [4.69, 9.17) is 24.7 Å². The maximum Gasteiger partial charge on any atom is 0.298 e. The molecule has 156 valence electrons. The highest BCUT2D eigenvalue weighted by Crippen LogP contribution is 2.46. The van der Waals surface area contributed by atoms with Crippen molar-refractivity contribution in [2.24, 2.45) is 5.73 Å². The molecule has 2 aromatic carbocycles. The smallest absolute Gasteiger partial charge is 0.298 e. The number of rotatable bonds is 6. The predicted octanol–water partition coefficient (Wildman–Crippen LogP) is 3.94. The number of hydrogen-bond donors (Lipinski definition) is 1. The third kappa shape index (κ3) is 3.07. The molecule has 7 nitrogen and oxygen atoms in total. The third-order valence-electron chi connectivity index (χ3n) is 5.34. The number of nitrogens with zero attached hydrogens (tertiary/aromatic N) is 1. The number of carbonyl (C=O) groups excluding carboxylic acids is 1. The predicted molar refractivity (Wildman–Crippen MR) is 116 cm³/mol. The summed E-state index contributed by atoms with van der Waals surface area (Å²) in [6.45, 7) is 2.02. The van der Waals surface area contributed by atoms with Gasteiger partial charge in [-0.2, -0.15) is 0 Å². The summed E-state index contributed by atoms with van der Waals surface area (Å²) in [5, 5.41) is 4.13. The van der Waals surface area contributed by atoms with Gasteiger partial charge in [0.15, 0.2) is 23.0 Å². The molecule has 30 heavy (non-hydrogen) atoms. The Labute approximate surface area is 179 Å². The molecule has 2 N–H and O–H groups in total. The monoisotopic (exact) mass is 428 g/mol. The molecule has 8 heteroatoms. The molecule has 0 radical (unpaired) electrons. The Bertz CT molecular complexity index is 1220. The van der Waals surface area contributed by atoms with Crippen molar-refractivity contribution in [3.8, 4) is 34.3 Å². The molecular weight excluding hydrogens is 408 g/mol. The van der Waals surface area contributed by atoms with Gasteiger partial charge in [-0.1, -0.05) is 0 Å². The van der Waals surface area contributed by atoms with Gasteiger partial charge in [-0.15, -0.1) is 12.4 Å². The molecule has 0 aromatic heterocycles. The van der Waals surface area contributed by atoms with Gasteiger partial charge >= 0.3 is 0 Å². The van der Waals surface area contributed by atoms with Crippen LogP contribution in [-0.4, -0.2) is 31.5 Å². The summed E-state index contributed by atoms with van der Waals surface area (Å²) < 4.78 is 23.9. The van der Waals surface area contributed by atoms with E-state index in [0.29, 0.717) is 24.5 Å². The van der Waals surface area contributed by atoms with Crippen LogP contribution in [0.1, 0.15) is 6.42 Å². The van der Waals surface area contributed by atoms with E-state index in [-0.39, 0.29) is 19.2 Å². The van der Waals surface area contributed by atoms with Crippen molar-refractivity contribution in [2.45, 2.75) is 13.0 Å². The van der Waals surface area contributed by atoms with Crippen molar-refractivity contribution >= 4 is 40.4 Å². The summed E-state index contributed by atoms with van der Waals surface area (Å²) in [5.41, 5.74) is 7.95. The van der Waals surface area contributed by atoms with E-state index in [2.05, 4.69) is 16.8 Å². The zero-order valence-corrected chi connectivity index (χ0v) is 17.2. The Morgan fingerprint density at radius 3 is 2.60 bits per heavy atom. The Hall–Kier alpha value is -3.16. The lowest BCUT2D eigenvalue weighted by atomic mass is 10.0. The van der Waals surface area contributed by atoms with Gasteiger partial charge in [-0.3, -0.25) is 4.79 Å². The fourth-order valence-corrected chi connectivity index (χ4v) is 4.06. The number of ether oxygens (including phenoxy) is 4. The highest BCUT2D eigenvalue weighted by molar-refractivity contribution is 6.11. The van der Waals surface area contributed by atoms with E-state index in [1.165, 1.54) is 0 Å². The van der Waals surface area contributed by atoms with Gasteiger partial charge in [0.1, 0.15) is 0 Å². The highest BCUT2D eigenvalue weighted by Gasteiger charge is 2.23. The number of halogens is 1. The second-order valence-corrected chi connectivity index (χ2v) is 6.97. The van der Waals surface area contributed by atoms with Crippen molar-refractivity contribution in [1.29, 1.82) is 0 Å². The lowest BCUT2D eigenvalue weighted by molar-refractivity contribution is -0.120. The minimum absolute atomic E-state index is 0. The molecule has 3 aliphatic rings. The molecule has 0 amide bonds. The van der Waals surface area contributed by atoms with Crippen LogP contribution < -0.4 is 24.7 Å². The fraction of sp³-hybridized carbons (Fsp3) is 0.227. The van der Waals surface area contributed by atoms with Crippen LogP contribution in [0.15, 0.2) is 36.5 Å². The number of methoxy groups -OCH3 is 1. The van der Waals surface area contributed by atoms with Gasteiger partial charge in [-0.05, 0) is 54.1 Å². The maximum absolute atomic E-state index is 10.9. The number of benzene rings is 2. The van der Waals surface area contributed by atoms with Crippen LogP contribution in [0.3, 0.4) is 0 Å². The standard InChI is InChI=1S/C22H20N2O5.ClH/c1-26-18-8-15-14(7-19(18)27-11-25)10-24(4-2-3-23)22-16-9-21-20(28-12-29-21)6-13(16)5-17(15)22;/h5-11H,2-4,12,23H2,1H3;1H. The molecule has 1 aliphatic carbocycles. The molecule has 0 saturated carbocycles. The summed E-state index contributed by atoms with van der Waals surface area (Å²) in [4.78, 5) is 10.9. The van der Waals surface area contributed by atoms with Crippen LogP contribution >= 0.6 is 12.4 Å². The molecule has 5 rings (SSSR count). The first-order chi connectivity index (χ1) is 14.2. The molecule has 0 atom stereocenters. The van der Waals surface area contributed by atoms with Gasteiger partial charge in [-0.25, -0.2) is 0 Å². The first kappa shape index (κ1) is 20.1. The van der Waals surface area contributed by atoms with Crippen LogP contribution in [0, 0.1) is 0 Å². The Morgan fingerprint density at radius 1 is 1.07 bits per heavy atom. The third-order valence-corrected chi connectivity index (χ3v) is 5.34. The number of pyridine rings is 1. The van der Waals surface area contributed by atoms with Crippen LogP contribution in [0.5, 0.6) is 23.0 Å². The van der Waals surface area contributed by atoms with Crippen LogP contribution in [0.2, 0.25) is 0 Å². The van der Waals surface area contributed by atoms with E-state index in [1.54, 1.807) is 7.11 Å². The summed E-state index contributed by atoms with van der Waals surface area (Å²) in [7, 11) is 1.56. The number of carbonyl (C=O) groups is 1. The molecule has 2 aromatic rings. The topological polar surface area (TPSA) is 84.9 Å². The molecule has 2 heterocycles. The maximum atomic E-state index is 10.9. The van der Waals surface area contributed by atoms with Gasteiger partial charge in [0, 0.05) is 29.1 Å². The lowest BCUT2D eigenvalue weighted by Gasteiger charge is -2.18. The fourth-order valence-electron chi connectivity index (χ4n) is 4.06. The number of hydrogen-bond acceptors (Lipinski definition) is 6. The van der Waals surface area contributed by atoms with Crippen molar-refractivity contribution in [2.75, 3.05) is 20.4 Å². The van der Waals surface area contributed by atoms with Crippen molar-refractivity contribution in [3.63, 3.8) is 0 Å². The zero-order valence-electron chi connectivity index (χ0n) is 16.3. The first-order valence-electron chi connectivity index (χ1n) is 9.41. The lowest BCUT2D eigenvalue weighted by Crippen LogP contribution is -2.08. The molecule has 0 saturated heterocycles. The van der Waals surface area contributed by atoms with Gasteiger partial charge in [0.25, 0.3) is 6.47 Å². The Kier molecular flexibility index (Phi) is 5.32. The minimum Gasteiger partial charge on any atom is -0.493 e. The average molecular weight is 429 g/mol. The molecule has 0 unspecified atom stereocenters. The highest BCUT2D eigenvalue weighted by atomic mass is 35.5. The Morgan fingerprint density at radius 2 is 1.87 bits per heavy atom. The number of fused-ring (bicyclic) bond motifs is 6. The van der Waals surface area contributed by atoms with Crippen LogP contribution in [-0.2, 0) is 11.3 Å². The summed E-state index contributed by atoms with van der Waals surface area (Å²) in [6.07, 6.45) is 2.91. The van der Waals surface area contributed by atoms with E-state index in [1.807, 2.05) is 24.3 Å².